The molecule has 0 aromatic heterocycles. The molecule has 146 valence electrons. The van der Waals surface area contributed by atoms with Gasteiger partial charge in [-0.2, -0.15) is 0 Å². The first-order valence-corrected chi connectivity index (χ1v) is 11.7. The Balaban J connectivity index is 0.000000880. The van der Waals surface area contributed by atoms with E-state index in [4.69, 9.17) is 0 Å². The minimum atomic E-state index is 0.392. The Morgan fingerprint density at radius 1 is 0.800 bits per heavy atom. The third kappa shape index (κ3) is 3.21. The first kappa shape index (κ1) is 19.7. The maximum Gasteiger partial charge on any atom is 0.0431 e. The lowest BCUT2D eigenvalue weighted by atomic mass is 9.45. The van der Waals surface area contributed by atoms with Crippen LogP contribution in [0.5, 0.6) is 0 Å². The molecule has 0 aliphatic heterocycles. The highest BCUT2D eigenvalue weighted by Crippen LogP contribution is 2.67. The van der Waals surface area contributed by atoms with Gasteiger partial charge in [0.15, 0.2) is 0 Å². The number of rotatable bonds is 3. The summed E-state index contributed by atoms with van der Waals surface area (Å²) >= 11 is 0. The summed E-state index contributed by atoms with van der Waals surface area (Å²) < 4.78 is 0. The lowest BCUT2D eigenvalue weighted by Gasteiger charge is -2.60. The number of aliphatic hydroxyl groups excluding tert-OH is 1. The molecule has 0 spiro atoms. The van der Waals surface area contributed by atoms with Gasteiger partial charge in [0.1, 0.15) is 0 Å². The van der Waals surface area contributed by atoms with Crippen molar-refractivity contribution in [2.24, 2.45) is 40.4 Å². The van der Waals surface area contributed by atoms with Gasteiger partial charge in [0, 0.05) is 6.61 Å². The van der Waals surface area contributed by atoms with Crippen LogP contribution in [0, 0.1) is 40.4 Å². The van der Waals surface area contributed by atoms with E-state index < -0.39 is 0 Å². The molecular weight excluding hydrogens is 304 g/mol. The lowest BCUT2D eigenvalue weighted by molar-refractivity contribution is -0.111. The highest BCUT2D eigenvalue weighted by atomic mass is 16.2. The molecule has 4 rings (SSSR count). The van der Waals surface area contributed by atoms with Gasteiger partial charge in [-0.1, -0.05) is 40.5 Å². The number of hydrogen-bond donors (Lipinski definition) is 1. The Labute approximate surface area is 157 Å². The van der Waals surface area contributed by atoms with Crippen LogP contribution in [-0.4, -0.2) is 11.7 Å². The molecule has 4 aliphatic rings. The summed E-state index contributed by atoms with van der Waals surface area (Å²) in [5.74, 6) is 5.03. The predicted molar refractivity (Wildman–Crippen MR) is 108 cm³/mol. The molecule has 0 radical (unpaired) electrons. The average molecular weight is 349 g/mol. The molecule has 4 aliphatic carbocycles. The van der Waals surface area contributed by atoms with Crippen LogP contribution in [0.3, 0.4) is 0 Å². The summed E-state index contributed by atoms with van der Waals surface area (Å²) in [4.78, 5) is 0. The van der Waals surface area contributed by atoms with E-state index in [0.29, 0.717) is 17.4 Å². The maximum atomic E-state index is 9.26. The zero-order chi connectivity index (χ0) is 18.1. The molecule has 0 heterocycles. The molecule has 0 aromatic carbocycles. The smallest absolute Gasteiger partial charge is 0.0431 e. The molecule has 1 N–H and O–H groups in total. The standard InChI is InChI=1S/C22H38O.C2H6/c1-21-13-4-3-6-16(21)8-10-18-19-11-9-17(7-5-15-23)22(19,2)14-12-20(18)21;1-2/h16-20,23H,3-15H2,1-2H3;1-2H3. The highest BCUT2D eigenvalue weighted by Gasteiger charge is 2.59. The monoisotopic (exact) mass is 348 g/mol. The normalized spacial score (nSPS) is 48.6. The first-order chi connectivity index (χ1) is 12.1. The molecule has 1 heteroatoms. The molecule has 0 amide bonds. The largest absolute Gasteiger partial charge is 0.396 e. The Hall–Kier alpha value is -0.0400. The van der Waals surface area contributed by atoms with Crippen LogP contribution >= 0.6 is 0 Å². The molecule has 7 atom stereocenters. The van der Waals surface area contributed by atoms with Crippen molar-refractivity contribution in [1.29, 1.82) is 0 Å². The Bertz CT molecular complexity index is 432. The van der Waals surface area contributed by atoms with Crippen LogP contribution in [0.2, 0.25) is 0 Å². The lowest BCUT2D eigenvalue weighted by Crippen LogP contribution is -2.52. The van der Waals surface area contributed by atoms with Crippen molar-refractivity contribution in [3.05, 3.63) is 0 Å². The Morgan fingerprint density at radius 2 is 1.56 bits per heavy atom. The summed E-state index contributed by atoms with van der Waals surface area (Å²) in [7, 11) is 0. The fraction of sp³-hybridized carbons (Fsp3) is 1.00. The van der Waals surface area contributed by atoms with Crippen molar-refractivity contribution in [2.45, 2.75) is 105 Å². The summed E-state index contributed by atoms with van der Waals surface area (Å²) in [6, 6.07) is 0. The van der Waals surface area contributed by atoms with Crippen LogP contribution in [0.15, 0.2) is 0 Å². The molecule has 7 unspecified atom stereocenters. The van der Waals surface area contributed by atoms with E-state index >= 15 is 0 Å². The molecule has 0 saturated heterocycles. The fourth-order valence-corrected chi connectivity index (χ4v) is 8.22. The van der Waals surface area contributed by atoms with Crippen LogP contribution in [0.1, 0.15) is 105 Å². The maximum absolute atomic E-state index is 9.26. The van der Waals surface area contributed by atoms with Gasteiger partial charge in [-0.05, 0) is 105 Å². The second-order valence-corrected chi connectivity index (χ2v) is 10.1. The molecule has 4 fully saturated rings. The second-order valence-electron chi connectivity index (χ2n) is 10.1. The second kappa shape index (κ2) is 7.91. The van der Waals surface area contributed by atoms with E-state index in [9.17, 15) is 5.11 Å². The van der Waals surface area contributed by atoms with Crippen molar-refractivity contribution in [3.8, 4) is 0 Å². The summed E-state index contributed by atoms with van der Waals surface area (Å²) in [6.45, 7) is 9.72. The third-order valence-electron chi connectivity index (χ3n) is 9.49. The van der Waals surface area contributed by atoms with E-state index in [1.807, 2.05) is 13.8 Å². The van der Waals surface area contributed by atoms with Crippen molar-refractivity contribution in [3.63, 3.8) is 0 Å². The Kier molecular flexibility index (Phi) is 6.24. The predicted octanol–water partition coefficient (Wildman–Crippen LogP) is 6.83. The SMILES string of the molecule is CC.CC12CCCCC1CCC1C2CCC2(C)C(CCCO)CCC12. The van der Waals surface area contributed by atoms with Gasteiger partial charge in [-0.15, -0.1) is 0 Å². The van der Waals surface area contributed by atoms with E-state index in [-0.39, 0.29) is 0 Å². The zero-order valence-electron chi connectivity index (χ0n) is 17.5. The van der Waals surface area contributed by atoms with Crippen molar-refractivity contribution in [2.75, 3.05) is 6.61 Å². The molecule has 25 heavy (non-hydrogen) atoms. The highest BCUT2D eigenvalue weighted by molar-refractivity contribution is 5.08. The fourth-order valence-electron chi connectivity index (χ4n) is 8.22. The van der Waals surface area contributed by atoms with Gasteiger partial charge in [0.25, 0.3) is 0 Å². The van der Waals surface area contributed by atoms with Crippen LogP contribution in [0.4, 0.5) is 0 Å². The molecule has 0 aromatic rings. The van der Waals surface area contributed by atoms with Gasteiger partial charge < -0.3 is 5.11 Å². The molecule has 4 saturated carbocycles. The topological polar surface area (TPSA) is 20.2 Å². The minimum Gasteiger partial charge on any atom is -0.396 e. The number of hydrogen-bond acceptors (Lipinski definition) is 1. The Morgan fingerprint density at radius 3 is 2.32 bits per heavy atom. The van der Waals surface area contributed by atoms with Gasteiger partial charge >= 0.3 is 0 Å². The molecule has 1 nitrogen and oxygen atoms in total. The third-order valence-corrected chi connectivity index (χ3v) is 9.49. The summed E-state index contributed by atoms with van der Waals surface area (Å²) in [5, 5.41) is 9.26. The molecular formula is C24H44O. The van der Waals surface area contributed by atoms with Crippen molar-refractivity contribution >= 4 is 0 Å². The average Bonchev–Trinajstić information content (AvgIpc) is 2.97. The van der Waals surface area contributed by atoms with Crippen molar-refractivity contribution < 1.29 is 5.11 Å². The van der Waals surface area contributed by atoms with E-state index in [1.165, 1.54) is 70.6 Å². The first-order valence-electron chi connectivity index (χ1n) is 11.7. The quantitative estimate of drug-likeness (QED) is 0.592. The van der Waals surface area contributed by atoms with E-state index in [2.05, 4.69) is 13.8 Å². The number of fused-ring (bicyclic) bond motifs is 5. The minimum absolute atomic E-state index is 0.392. The molecule has 0 bridgehead atoms. The van der Waals surface area contributed by atoms with Crippen LogP contribution < -0.4 is 0 Å². The van der Waals surface area contributed by atoms with Gasteiger partial charge in [-0.25, -0.2) is 0 Å². The van der Waals surface area contributed by atoms with Gasteiger partial charge in [0.2, 0.25) is 0 Å². The van der Waals surface area contributed by atoms with Crippen LogP contribution in [0.25, 0.3) is 0 Å². The zero-order valence-corrected chi connectivity index (χ0v) is 17.5. The van der Waals surface area contributed by atoms with E-state index in [1.54, 1.807) is 0 Å². The van der Waals surface area contributed by atoms with Crippen LogP contribution in [-0.2, 0) is 0 Å². The van der Waals surface area contributed by atoms with Crippen molar-refractivity contribution in [1.82, 2.24) is 0 Å². The summed E-state index contributed by atoms with van der Waals surface area (Å²) in [6.07, 6.45) is 17.4. The van der Waals surface area contributed by atoms with Gasteiger partial charge in [0.05, 0.1) is 0 Å². The van der Waals surface area contributed by atoms with E-state index in [0.717, 1.165) is 36.0 Å². The summed E-state index contributed by atoms with van der Waals surface area (Å²) in [5.41, 5.74) is 1.29. The van der Waals surface area contributed by atoms with Gasteiger partial charge in [-0.3, -0.25) is 0 Å². The number of aliphatic hydroxyl groups is 1.